The Labute approximate surface area is 299 Å². The van der Waals surface area contributed by atoms with Gasteiger partial charge in [0.1, 0.15) is 40.9 Å². The number of fused-ring (bicyclic) bond motifs is 2. The maximum absolute atomic E-state index is 13.8. The van der Waals surface area contributed by atoms with Crippen molar-refractivity contribution in [2.75, 3.05) is 5.73 Å². The first-order chi connectivity index (χ1) is 21.9. The van der Waals surface area contributed by atoms with E-state index >= 15 is 0 Å². The van der Waals surface area contributed by atoms with Crippen molar-refractivity contribution in [3.8, 4) is 0 Å². The highest BCUT2D eigenvalue weighted by Gasteiger charge is 2.28. The molecule has 0 radical (unpaired) electrons. The number of carbonyl (C=O) groups is 1. The van der Waals surface area contributed by atoms with Crippen molar-refractivity contribution in [1.29, 1.82) is 0 Å². The molecular weight excluding hydrogens is 805 g/mol. The standard InChI is InChI=1S/C18H26BrFN2.C11H10BrFN2O.C5H4BrFN2/c1-7-14-15(9-18(5,6)11-17(2,3)4)22-10-12(19)13(20)8-16(22)21-14;1-2-9-10(3-4-16)15-6-7(12)8(13)5-11(15)14-9;6-3-2-9-5(8)1-4(3)7/h8,10H,7,9,11H2,1-6H3;4-6H,2-3H2,1H3;1-2H,(H2,8,9). The maximum atomic E-state index is 13.8. The third-order valence-electron chi connectivity index (χ3n) is 7.12. The lowest BCUT2D eigenvalue weighted by Gasteiger charge is -2.32. The molecule has 2 N–H and O–H groups in total. The van der Waals surface area contributed by atoms with Crippen LogP contribution in [0.4, 0.5) is 19.0 Å². The van der Waals surface area contributed by atoms with Crippen LogP contribution < -0.4 is 5.73 Å². The van der Waals surface area contributed by atoms with Crippen molar-refractivity contribution in [2.24, 2.45) is 10.8 Å². The zero-order valence-corrected chi connectivity index (χ0v) is 32.3. The number of carbonyl (C=O) groups excluding carboxylic acids is 1. The number of aryl methyl sites for hydroxylation is 2. The second kappa shape index (κ2) is 16.1. The van der Waals surface area contributed by atoms with E-state index in [1.807, 2.05) is 11.3 Å². The number of imidazole rings is 2. The third kappa shape index (κ3) is 10.4. The minimum Gasteiger partial charge on any atom is -0.384 e. The van der Waals surface area contributed by atoms with Crippen LogP contribution in [0.5, 0.6) is 0 Å². The molecule has 0 aromatic carbocycles. The average molecular weight is 845 g/mol. The molecule has 0 unspecified atom stereocenters. The van der Waals surface area contributed by atoms with Gasteiger partial charge >= 0.3 is 0 Å². The van der Waals surface area contributed by atoms with Gasteiger partial charge in [0.25, 0.3) is 0 Å². The Morgan fingerprint density at radius 1 is 0.787 bits per heavy atom. The van der Waals surface area contributed by atoms with E-state index in [0.717, 1.165) is 55.1 Å². The van der Waals surface area contributed by atoms with E-state index in [2.05, 4.69) is 104 Å². The smallest absolute Gasteiger partial charge is 0.142 e. The van der Waals surface area contributed by atoms with Crippen molar-refractivity contribution in [3.63, 3.8) is 0 Å². The van der Waals surface area contributed by atoms with Gasteiger partial charge in [-0.2, -0.15) is 0 Å². The van der Waals surface area contributed by atoms with E-state index in [1.165, 1.54) is 24.0 Å². The number of nitrogens with two attached hydrogens (primary N) is 1. The first kappa shape index (κ1) is 38.7. The van der Waals surface area contributed by atoms with E-state index in [-0.39, 0.29) is 34.1 Å². The molecule has 47 heavy (non-hydrogen) atoms. The third-order valence-corrected chi connectivity index (χ3v) is 8.87. The van der Waals surface area contributed by atoms with Crippen molar-refractivity contribution in [3.05, 3.63) is 90.4 Å². The summed E-state index contributed by atoms with van der Waals surface area (Å²) in [5.74, 6) is -0.809. The zero-order valence-electron chi connectivity index (χ0n) is 27.6. The summed E-state index contributed by atoms with van der Waals surface area (Å²) in [5, 5.41) is 0. The summed E-state index contributed by atoms with van der Waals surface area (Å²) in [6.45, 7) is 15.5. The second-order valence-corrected chi connectivity index (χ2v) is 15.6. The van der Waals surface area contributed by atoms with Crippen LogP contribution >= 0.6 is 47.8 Å². The van der Waals surface area contributed by atoms with E-state index in [0.29, 0.717) is 31.1 Å². The molecule has 5 rings (SSSR count). The van der Waals surface area contributed by atoms with E-state index in [4.69, 9.17) is 5.73 Å². The molecule has 0 aliphatic heterocycles. The van der Waals surface area contributed by atoms with Crippen molar-refractivity contribution < 1.29 is 18.0 Å². The highest BCUT2D eigenvalue weighted by atomic mass is 79.9. The predicted molar refractivity (Wildman–Crippen MR) is 192 cm³/mol. The van der Waals surface area contributed by atoms with Gasteiger partial charge in [-0.05, 0) is 84.3 Å². The summed E-state index contributed by atoms with van der Waals surface area (Å²) in [6, 6.07) is 4.02. The van der Waals surface area contributed by atoms with Gasteiger partial charge in [0, 0.05) is 48.9 Å². The van der Waals surface area contributed by atoms with Gasteiger partial charge < -0.3 is 19.3 Å². The Morgan fingerprint density at radius 3 is 1.68 bits per heavy atom. The molecule has 0 bridgehead atoms. The number of nitrogens with zero attached hydrogens (tertiary/aromatic N) is 5. The molecule has 7 nitrogen and oxygen atoms in total. The number of nitrogen functional groups attached to an aromatic ring is 1. The number of rotatable bonds is 7. The summed E-state index contributed by atoms with van der Waals surface area (Å²) >= 11 is 9.34. The number of halogens is 6. The normalized spacial score (nSPS) is 11.7. The van der Waals surface area contributed by atoms with Crippen LogP contribution in [0.25, 0.3) is 11.3 Å². The lowest BCUT2D eigenvalue weighted by Crippen LogP contribution is -2.24. The number of anilines is 1. The average Bonchev–Trinajstić information content (AvgIpc) is 3.47. The molecular formula is C34H40Br3F3N6O. The van der Waals surface area contributed by atoms with Crippen LogP contribution in [0.2, 0.25) is 0 Å². The minimum atomic E-state index is -0.387. The predicted octanol–water partition coefficient (Wildman–Crippen LogP) is 9.91. The van der Waals surface area contributed by atoms with Crippen molar-refractivity contribution >= 4 is 71.2 Å². The molecule has 5 heterocycles. The summed E-state index contributed by atoms with van der Waals surface area (Å²) in [6.07, 6.45) is 9.51. The van der Waals surface area contributed by atoms with Crippen LogP contribution in [-0.4, -0.2) is 30.0 Å². The highest BCUT2D eigenvalue weighted by molar-refractivity contribution is 9.11. The van der Waals surface area contributed by atoms with Crippen LogP contribution in [0.1, 0.15) is 77.7 Å². The molecule has 0 spiro atoms. The number of hydrogen-bond acceptors (Lipinski definition) is 5. The van der Waals surface area contributed by atoms with Crippen molar-refractivity contribution in [1.82, 2.24) is 23.8 Å². The Morgan fingerprint density at radius 2 is 1.26 bits per heavy atom. The van der Waals surface area contributed by atoms with E-state index < -0.39 is 0 Å². The Hall–Kier alpha value is -2.77. The van der Waals surface area contributed by atoms with Crippen LogP contribution in [0.15, 0.2) is 50.2 Å². The first-order valence-electron chi connectivity index (χ1n) is 15.1. The minimum absolute atomic E-state index is 0.166. The molecule has 5 aromatic rings. The molecule has 254 valence electrons. The van der Waals surface area contributed by atoms with E-state index in [1.54, 1.807) is 16.8 Å². The van der Waals surface area contributed by atoms with Crippen molar-refractivity contribution in [2.45, 2.75) is 80.6 Å². The molecule has 0 atom stereocenters. The molecule has 0 aliphatic carbocycles. The summed E-state index contributed by atoms with van der Waals surface area (Å²) < 4.78 is 44.4. The quantitative estimate of drug-likeness (QED) is 0.165. The second-order valence-electron chi connectivity index (χ2n) is 13.1. The molecule has 0 fully saturated rings. The Balaban J connectivity index is 0.000000209. The first-order valence-corrected chi connectivity index (χ1v) is 17.5. The lowest BCUT2D eigenvalue weighted by molar-refractivity contribution is -0.107. The molecule has 0 amide bonds. The lowest BCUT2D eigenvalue weighted by atomic mass is 9.73. The summed E-state index contributed by atoms with van der Waals surface area (Å²) in [7, 11) is 0. The Bertz CT molecular complexity index is 1860. The van der Waals surface area contributed by atoms with Gasteiger partial charge in [-0.15, -0.1) is 0 Å². The monoisotopic (exact) mass is 842 g/mol. The Kier molecular flexibility index (Phi) is 13.2. The summed E-state index contributed by atoms with van der Waals surface area (Å²) in [4.78, 5) is 23.2. The summed E-state index contributed by atoms with van der Waals surface area (Å²) in [5.41, 5.74) is 10.8. The number of hydrogen-bond donors (Lipinski definition) is 1. The highest BCUT2D eigenvalue weighted by Crippen LogP contribution is 2.37. The van der Waals surface area contributed by atoms with Crippen LogP contribution in [0.3, 0.4) is 0 Å². The zero-order chi connectivity index (χ0) is 35.3. The molecule has 0 aliphatic rings. The molecule has 0 saturated heterocycles. The van der Waals surface area contributed by atoms with Gasteiger partial charge in [-0.1, -0.05) is 48.5 Å². The number of pyridine rings is 3. The topological polar surface area (TPSA) is 90.6 Å². The molecule has 13 heteroatoms. The van der Waals surface area contributed by atoms with Gasteiger partial charge in [-0.3, -0.25) is 0 Å². The van der Waals surface area contributed by atoms with Crippen LogP contribution in [0, 0.1) is 28.3 Å². The van der Waals surface area contributed by atoms with E-state index in [9.17, 15) is 18.0 Å². The largest absolute Gasteiger partial charge is 0.384 e. The van der Waals surface area contributed by atoms with Crippen LogP contribution in [-0.2, 0) is 30.5 Å². The number of aldehydes is 1. The fourth-order valence-electron chi connectivity index (χ4n) is 5.70. The fraction of sp³-hybridized carbons (Fsp3) is 0.412. The van der Waals surface area contributed by atoms with Gasteiger partial charge in [0.2, 0.25) is 0 Å². The van der Waals surface area contributed by atoms with Gasteiger partial charge in [0.15, 0.2) is 0 Å². The molecule has 5 aromatic heterocycles. The fourth-order valence-corrected chi connectivity index (χ4v) is 6.56. The van der Waals surface area contributed by atoms with Gasteiger partial charge in [0.05, 0.1) is 30.5 Å². The maximum Gasteiger partial charge on any atom is 0.142 e. The molecule has 0 saturated carbocycles. The number of aromatic nitrogens is 5. The SMILES string of the molecule is CCc1nc2cc(F)c(Br)cn2c1CC(C)(C)CC(C)(C)C.CCc1nc2cc(F)c(Br)cn2c1CC=O.Nc1cc(F)c(Br)cn1. The van der Waals surface area contributed by atoms with Gasteiger partial charge in [-0.25, -0.2) is 28.1 Å².